The van der Waals surface area contributed by atoms with Crippen LogP contribution in [0.2, 0.25) is 0 Å². The van der Waals surface area contributed by atoms with E-state index in [0.717, 1.165) is 28.1 Å². The maximum atomic E-state index is 7.22. The third kappa shape index (κ3) is 5.83. The Morgan fingerprint density at radius 2 is 1.09 bits per heavy atom. The molecule has 0 unspecified atom stereocenters. The number of hydrogen-bond acceptors (Lipinski definition) is 1. The number of aryl methyl sites for hydroxylation is 1. The molecule has 0 aliphatic heterocycles. The molecule has 14 heteroatoms. The van der Waals surface area contributed by atoms with Gasteiger partial charge in [0, 0.05) is 0 Å². The first-order valence-electron chi connectivity index (χ1n) is 16.9. The second-order valence-electron chi connectivity index (χ2n) is 13.3. The summed E-state index contributed by atoms with van der Waals surface area (Å²) in [6.45, 7) is 3.42. The minimum absolute atomic E-state index is 0.0233. The van der Waals surface area contributed by atoms with E-state index in [1.807, 2.05) is 78.9 Å². The zero-order valence-electron chi connectivity index (χ0n) is 29.8. The van der Waals surface area contributed by atoms with Crippen LogP contribution in [-0.2, 0) is 0 Å². The zero-order chi connectivity index (χ0) is 38.9. The van der Waals surface area contributed by atoms with Crippen LogP contribution in [0.4, 0.5) is 0 Å². The summed E-state index contributed by atoms with van der Waals surface area (Å²) in [4.78, 5) is 5.02. The summed E-state index contributed by atoms with van der Waals surface area (Å²) in [7, 11) is 79.3. The normalized spacial score (nSPS) is 12.6. The third-order valence-corrected chi connectivity index (χ3v) is 10.1. The van der Waals surface area contributed by atoms with Crippen molar-refractivity contribution in [3.8, 4) is 39.3 Å². The SMILES string of the molecule is [B]/C(C)=C([B])/C([B])=c1/c(-c2ccc(-c3nc4ccccc4n3-c3ccccc3)cc2)c2c([B])c([B])c([B])c(C)c2c(-c2c([B])c([B])c([B])c([B])c2[B])c1=[B]. The first-order valence-corrected chi connectivity index (χ1v) is 16.9. The average molecular weight is 657 g/mol. The van der Waals surface area contributed by atoms with Crippen LogP contribution in [0.15, 0.2) is 89.8 Å². The van der Waals surface area contributed by atoms with Crippen molar-refractivity contribution in [2.45, 2.75) is 13.8 Å². The Kier molecular flexibility index (Phi) is 9.97. The number of para-hydroxylation sites is 3. The fraction of sp³-hybridized carbons (Fsp3) is 0.0500. The van der Waals surface area contributed by atoms with Crippen LogP contribution in [0.3, 0.4) is 0 Å². The molecule has 0 spiro atoms. The average Bonchev–Trinajstić information content (AvgIpc) is 3.57. The fourth-order valence-electron chi connectivity index (χ4n) is 7.17. The van der Waals surface area contributed by atoms with E-state index in [9.17, 15) is 0 Å². The number of allylic oxidation sites excluding steroid dienone is 2. The van der Waals surface area contributed by atoms with Crippen LogP contribution in [0.25, 0.3) is 66.6 Å². The van der Waals surface area contributed by atoms with Gasteiger partial charge in [0.1, 0.15) is 0 Å². The Morgan fingerprint density at radius 3 is 1.70 bits per heavy atom. The first-order chi connectivity index (χ1) is 25.7. The number of benzene rings is 6. The zero-order valence-corrected chi connectivity index (χ0v) is 29.8. The van der Waals surface area contributed by atoms with Gasteiger partial charge in [0.25, 0.3) is 0 Å². The van der Waals surface area contributed by atoms with Crippen LogP contribution >= 0.6 is 0 Å². The molecule has 7 rings (SSSR count). The molecule has 0 aliphatic rings. The van der Waals surface area contributed by atoms with Gasteiger partial charge >= 0.3 is 327 Å². The molecule has 2 nitrogen and oxygen atoms in total. The van der Waals surface area contributed by atoms with Gasteiger partial charge in [-0.2, -0.15) is 0 Å². The van der Waals surface area contributed by atoms with E-state index in [-0.39, 0.29) is 70.8 Å². The third-order valence-electron chi connectivity index (χ3n) is 10.1. The van der Waals surface area contributed by atoms with E-state index in [2.05, 4.69) is 4.57 Å². The maximum absolute atomic E-state index is 7.22. The Bertz CT molecular complexity index is 2830. The Labute approximate surface area is 331 Å². The van der Waals surface area contributed by atoms with Gasteiger partial charge in [-0.3, -0.25) is 0 Å². The summed E-state index contributed by atoms with van der Waals surface area (Å²) < 4.78 is 2.11. The van der Waals surface area contributed by atoms with Crippen LogP contribution in [0, 0.1) is 12.0 Å². The molecular weight excluding hydrogens is 638 g/mol. The molecule has 0 atom stereocenters. The summed E-state index contributed by atoms with van der Waals surface area (Å²) in [5, 5.41) is 1.38. The molecule has 23 radical (unpaired) electrons. The van der Waals surface area contributed by atoms with Crippen molar-refractivity contribution in [1.82, 2.24) is 9.55 Å². The van der Waals surface area contributed by atoms with E-state index in [4.69, 9.17) is 98.8 Å². The summed E-state index contributed by atoms with van der Waals surface area (Å²) in [6, 6.07) is 25.7. The van der Waals surface area contributed by atoms with Crippen LogP contribution in [-0.4, -0.2) is 103 Å². The van der Waals surface area contributed by atoms with Crippen molar-refractivity contribution in [3.05, 3.63) is 106 Å². The van der Waals surface area contributed by atoms with Gasteiger partial charge in [-0.25, -0.2) is 0 Å². The standard InChI is InChI=1S/C40H19B12N2/c1-16-23-25(32(45)36(49)29(16)42)24(27(33(46)30(43)17(2)41)31(44)26(23)28-34(47)37(50)39(52)38(51)35(28)48)18-12-14-19(15-13-18)40-53-21-10-6-7-11-22(21)54(40)20-8-4-3-5-9-20/h3-15H,1-2H3/b30-17-,33-27+. The fourth-order valence-corrected chi connectivity index (χ4v) is 7.17. The van der Waals surface area contributed by atoms with Crippen molar-refractivity contribution in [2.75, 3.05) is 0 Å². The number of imidazole rings is 1. The van der Waals surface area contributed by atoms with Crippen LogP contribution in [0.5, 0.6) is 0 Å². The predicted octanol–water partition coefficient (Wildman–Crippen LogP) is -1.90. The molecule has 0 N–H and O–H groups in total. The second kappa shape index (κ2) is 14.3. The van der Waals surface area contributed by atoms with Crippen molar-refractivity contribution < 1.29 is 0 Å². The molecule has 0 amide bonds. The molecule has 225 valence electrons. The molecule has 6 aromatic carbocycles. The van der Waals surface area contributed by atoms with Crippen molar-refractivity contribution in [3.63, 3.8) is 0 Å². The molecule has 1 heterocycles. The van der Waals surface area contributed by atoms with E-state index < -0.39 is 0 Å². The van der Waals surface area contributed by atoms with Gasteiger partial charge in [-0.1, -0.05) is 6.07 Å². The number of rotatable bonds is 5. The topological polar surface area (TPSA) is 17.8 Å². The summed E-state index contributed by atoms with van der Waals surface area (Å²) in [5.74, 6) is 0.739. The Balaban J connectivity index is 1.64. The van der Waals surface area contributed by atoms with Crippen molar-refractivity contribution >= 4 is 165 Å². The van der Waals surface area contributed by atoms with Gasteiger partial charge in [0.2, 0.25) is 0 Å². The van der Waals surface area contributed by atoms with Crippen LogP contribution in [0.1, 0.15) is 12.5 Å². The monoisotopic (exact) mass is 659 g/mol. The number of nitrogens with zero attached hydrogens (tertiary/aromatic N) is 2. The number of hydrogen-bond donors (Lipinski definition) is 0. The molecule has 0 saturated carbocycles. The molecule has 0 bridgehead atoms. The number of aromatic nitrogens is 2. The van der Waals surface area contributed by atoms with Crippen molar-refractivity contribution in [1.29, 1.82) is 0 Å². The second-order valence-corrected chi connectivity index (χ2v) is 13.3. The van der Waals surface area contributed by atoms with Gasteiger partial charge in [-0.05, 0) is 0 Å². The predicted molar refractivity (Wildman–Crippen MR) is 240 cm³/mol. The molecular formula is C40H19B12N2. The minimum atomic E-state index is 0.0233. The van der Waals surface area contributed by atoms with Gasteiger partial charge < -0.3 is 0 Å². The Morgan fingerprint density at radius 1 is 0.556 bits per heavy atom. The molecule has 0 saturated heterocycles. The van der Waals surface area contributed by atoms with E-state index in [1.54, 1.807) is 13.8 Å². The first kappa shape index (κ1) is 37.7. The van der Waals surface area contributed by atoms with Gasteiger partial charge in [0.05, 0.1) is 0 Å². The van der Waals surface area contributed by atoms with Gasteiger partial charge in [0.15, 0.2) is 0 Å². The molecule has 0 fully saturated rings. The summed E-state index contributed by atoms with van der Waals surface area (Å²) >= 11 is 0. The van der Waals surface area contributed by atoms with E-state index in [1.165, 1.54) is 0 Å². The molecule has 7 aromatic rings. The Hall–Kier alpha value is -4.56. The number of fused-ring (bicyclic) bond motifs is 2. The molecule has 0 aliphatic carbocycles. The van der Waals surface area contributed by atoms with E-state index in [0.29, 0.717) is 38.2 Å². The molecule has 54 heavy (non-hydrogen) atoms. The molecule has 1 aromatic heterocycles. The summed E-state index contributed by atoms with van der Waals surface area (Å²) in [5.41, 5.74) is 7.00. The van der Waals surface area contributed by atoms with Crippen molar-refractivity contribution in [2.24, 2.45) is 0 Å². The van der Waals surface area contributed by atoms with Crippen LogP contribution < -0.4 is 48.9 Å². The summed E-state index contributed by atoms with van der Waals surface area (Å²) in [6.07, 6.45) is 0. The van der Waals surface area contributed by atoms with Gasteiger partial charge in [-0.15, -0.1) is 0 Å². The quantitative estimate of drug-likeness (QED) is 0.198. The van der Waals surface area contributed by atoms with E-state index >= 15 is 0 Å².